The lowest BCUT2D eigenvalue weighted by molar-refractivity contribution is -0.139. The molecule has 3 aromatic rings. The zero-order valence-electron chi connectivity index (χ0n) is 19.8. The van der Waals surface area contributed by atoms with Crippen molar-refractivity contribution in [1.29, 1.82) is 0 Å². The molecule has 1 aliphatic rings. The van der Waals surface area contributed by atoms with Crippen molar-refractivity contribution < 1.29 is 9.59 Å². The number of amides is 2. The van der Waals surface area contributed by atoms with E-state index in [0.29, 0.717) is 25.9 Å². The molecule has 7 heteroatoms. The van der Waals surface area contributed by atoms with Crippen molar-refractivity contribution in [3.05, 3.63) is 71.5 Å². The summed E-state index contributed by atoms with van der Waals surface area (Å²) in [6, 6.07) is 16.8. The average Bonchev–Trinajstić information content (AvgIpc) is 3.40. The van der Waals surface area contributed by atoms with Gasteiger partial charge in [-0.05, 0) is 43.4 Å². The summed E-state index contributed by atoms with van der Waals surface area (Å²) in [4.78, 5) is 29.7. The summed E-state index contributed by atoms with van der Waals surface area (Å²) in [7, 11) is 3.57. The largest absolute Gasteiger partial charge is 0.348 e. The van der Waals surface area contributed by atoms with Crippen molar-refractivity contribution in [2.24, 2.45) is 5.41 Å². The molecule has 2 heterocycles. The Balaban J connectivity index is 1.56. The van der Waals surface area contributed by atoms with Gasteiger partial charge in [0.2, 0.25) is 11.8 Å². The van der Waals surface area contributed by atoms with Crippen LogP contribution in [0.5, 0.6) is 0 Å². The van der Waals surface area contributed by atoms with E-state index in [1.807, 2.05) is 13.0 Å². The number of hydrogen-bond acceptors (Lipinski definition) is 4. The Kier molecular flexibility index (Phi) is 6.31. The van der Waals surface area contributed by atoms with Crippen LogP contribution in [0.15, 0.2) is 54.7 Å². The molecule has 1 fully saturated rings. The number of nitrogens with zero attached hydrogens (tertiary/aromatic N) is 5. The minimum atomic E-state index is -0.636. The molecule has 1 atom stereocenters. The number of benzene rings is 2. The highest BCUT2D eigenvalue weighted by molar-refractivity contribution is 5.85. The van der Waals surface area contributed by atoms with E-state index in [4.69, 9.17) is 0 Å². The molecule has 1 unspecified atom stereocenters. The quantitative estimate of drug-likeness (QED) is 0.585. The molecule has 0 N–H and O–H groups in total. The molecule has 0 radical (unpaired) electrons. The molecular formula is C26H31N5O2. The molecule has 2 aromatic carbocycles. The van der Waals surface area contributed by atoms with Crippen LogP contribution in [0.2, 0.25) is 0 Å². The van der Waals surface area contributed by atoms with Crippen molar-refractivity contribution in [2.75, 3.05) is 27.2 Å². The van der Waals surface area contributed by atoms with Gasteiger partial charge in [0, 0.05) is 33.4 Å². The Morgan fingerprint density at radius 1 is 1.06 bits per heavy atom. The van der Waals surface area contributed by atoms with Crippen molar-refractivity contribution >= 4 is 11.8 Å². The van der Waals surface area contributed by atoms with E-state index in [9.17, 15) is 9.59 Å². The highest BCUT2D eigenvalue weighted by Crippen LogP contribution is 2.37. The second-order valence-corrected chi connectivity index (χ2v) is 9.35. The zero-order valence-corrected chi connectivity index (χ0v) is 19.8. The van der Waals surface area contributed by atoms with Crippen molar-refractivity contribution in [2.45, 2.75) is 33.2 Å². The van der Waals surface area contributed by atoms with Crippen molar-refractivity contribution in [1.82, 2.24) is 24.8 Å². The monoisotopic (exact) mass is 445 g/mol. The van der Waals surface area contributed by atoms with Crippen LogP contribution in [0.25, 0.3) is 11.1 Å². The minimum absolute atomic E-state index is 0.0401. The third-order valence-electron chi connectivity index (χ3n) is 6.37. The number of aryl methyl sites for hydroxylation is 2. The fraction of sp³-hybridized carbons (Fsp3) is 0.385. The topological polar surface area (TPSA) is 71.3 Å². The van der Waals surface area contributed by atoms with Gasteiger partial charge in [0.25, 0.3) is 0 Å². The summed E-state index contributed by atoms with van der Waals surface area (Å²) in [5.74, 6) is 0.0249. The van der Waals surface area contributed by atoms with Gasteiger partial charge in [-0.25, -0.2) is 4.68 Å². The first-order chi connectivity index (χ1) is 15.8. The Morgan fingerprint density at radius 2 is 1.82 bits per heavy atom. The van der Waals surface area contributed by atoms with E-state index < -0.39 is 5.41 Å². The highest BCUT2D eigenvalue weighted by Gasteiger charge is 2.46. The highest BCUT2D eigenvalue weighted by atomic mass is 16.2. The van der Waals surface area contributed by atoms with Crippen molar-refractivity contribution in [3.8, 4) is 11.1 Å². The third-order valence-corrected chi connectivity index (χ3v) is 6.37. The van der Waals surface area contributed by atoms with Crippen LogP contribution in [-0.2, 0) is 22.6 Å². The predicted molar refractivity (Wildman–Crippen MR) is 127 cm³/mol. The first kappa shape index (κ1) is 22.7. The SMILES string of the molecule is Cc1ccc(-c2cccc(CC3(C(=O)N(C)C)CCN(C(=O)Cn4cc(C)nn4)C3)c2)cc1. The van der Waals surface area contributed by atoms with E-state index in [-0.39, 0.29) is 18.4 Å². The van der Waals surface area contributed by atoms with Crippen molar-refractivity contribution in [3.63, 3.8) is 0 Å². The van der Waals surface area contributed by atoms with Crippen LogP contribution in [0.1, 0.15) is 23.2 Å². The molecule has 0 spiro atoms. The van der Waals surface area contributed by atoms with E-state index in [1.54, 1.807) is 34.8 Å². The van der Waals surface area contributed by atoms with Gasteiger partial charge < -0.3 is 9.80 Å². The maximum absolute atomic E-state index is 13.4. The molecule has 0 bridgehead atoms. The van der Waals surface area contributed by atoms with Crippen LogP contribution in [0.4, 0.5) is 0 Å². The fourth-order valence-corrected chi connectivity index (χ4v) is 4.66. The van der Waals surface area contributed by atoms with Gasteiger partial charge >= 0.3 is 0 Å². The van der Waals surface area contributed by atoms with E-state index in [0.717, 1.165) is 22.4 Å². The summed E-state index contributed by atoms with van der Waals surface area (Å²) >= 11 is 0. The Hall–Kier alpha value is -3.48. The third kappa shape index (κ3) is 4.97. The van der Waals surface area contributed by atoms with Crippen LogP contribution < -0.4 is 0 Å². The summed E-state index contributed by atoms with van der Waals surface area (Å²) in [6.07, 6.45) is 2.99. The van der Waals surface area contributed by atoms with Gasteiger partial charge in [0.05, 0.1) is 11.1 Å². The standard InChI is InChI=1S/C26H31N5O2/c1-19-8-10-22(11-9-19)23-7-5-6-21(14-23)15-26(25(33)29(3)4)12-13-30(18-26)24(32)17-31-16-20(2)27-28-31/h5-11,14,16H,12-13,15,17-18H2,1-4H3. The summed E-state index contributed by atoms with van der Waals surface area (Å²) in [6.45, 7) is 5.02. The first-order valence-corrected chi connectivity index (χ1v) is 11.3. The molecule has 2 amide bonds. The molecule has 1 aromatic heterocycles. The predicted octanol–water partition coefficient (Wildman–Crippen LogP) is 3.11. The number of likely N-dealkylation sites (tertiary alicyclic amines) is 1. The van der Waals surface area contributed by atoms with Crippen LogP contribution in [0, 0.1) is 19.3 Å². The molecule has 4 rings (SSSR count). The van der Waals surface area contributed by atoms with Gasteiger partial charge in [-0.2, -0.15) is 0 Å². The summed E-state index contributed by atoms with van der Waals surface area (Å²) in [5, 5.41) is 7.93. The number of aromatic nitrogens is 3. The Morgan fingerprint density at radius 3 is 2.48 bits per heavy atom. The number of hydrogen-bond donors (Lipinski definition) is 0. The molecule has 0 aliphatic carbocycles. The lowest BCUT2D eigenvalue weighted by Crippen LogP contribution is -2.45. The summed E-state index contributed by atoms with van der Waals surface area (Å²) in [5.41, 5.74) is 4.75. The first-order valence-electron chi connectivity index (χ1n) is 11.3. The van der Waals surface area contributed by atoms with E-state index in [1.165, 1.54) is 5.56 Å². The van der Waals surface area contributed by atoms with E-state index in [2.05, 4.69) is 59.7 Å². The van der Waals surface area contributed by atoms with Gasteiger partial charge in [-0.3, -0.25) is 9.59 Å². The second-order valence-electron chi connectivity index (χ2n) is 9.35. The maximum Gasteiger partial charge on any atom is 0.244 e. The maximum atomic E-state index is 13.4. The lowest BCUT2D eigenvalue weighted by atomic mass is 9.79. The minimum Gasteiger partial charge on any atom is -0.348 e. The van der Waals surface area contributed by atoms with Gasteiger partial charge in [-0.1, -0.05) is 59.3 Å². The fourth-order valence-electron chi connectivity index (χ4n) is 4.66. The van der Waals surface area contributed by atoms with Crippen LogP contribution >= 0.6 is 0 Å². The molecule has 172 valence electrons. The van der Waals surface area contributed by atoms with E-state index >= 15 is 0 Å². The normalized spacial score (nSPS) is 17.9. The Labute approximate surface area is 195 Å². The smallest absolute Gasteiger partial charge is 0.244 e. The Bertz CT molecular complexity index is 1150. The molecule has 1 saturated heterocycles. The van der Waals surface area contributed by atoms with Gasteiger partial charge in [0.1, 0.15) is 6.54 Å². The zero-order chi connectivity index (χ0) is 23.6. The second kappa shape index (κ2) is 9.17. The number of carbonyl (C=O) groups is 2. The molecule has 1 aliphatic heterocycles. The van der Waals surface area contributed by atoms with Crippen LogP contribution in [0.3, 0.4) is 0 Å². The van der Waals surface area contributed by atoms with Gasteiger partial charge in [-0.15, -0.1) is 5.10 Å². The molecule has 7 nitrogen and oxygen atoms in total. The lowest BCUT2D eigenvalue weighted by Gasteiger charge is -2.31. The molecular weight excluding hydrogens is 414 g/mol. The molecule has 33 heavy (non-hydrogen) atoms. The average molecular weight is 446 g/mol. The number of carbonyl (C=O) groups excluding carboxylic acids is 2. The summed E-state index contributed by atoms with van der Waals surface area (Å²) < 4.78 is 1.55. The van der Waals surface area contributed by atoms with Gasteiger partial charge in [0.15, 0.2) is 0 Å². The van der Waals surface area contributed by atoms with Crippen LogP contribution in [-0.4, -0.2) is 63.8 Å². The molecule has 0 saturated carbocycles. The number of rotatable bonds is 6.